The van der Waals surface area contributed by atoms with Crippen LogP contribution in [0.3, 0.4) is 0 Å². The Morgan fingerprint density at radius 3 is 2.56 bits per heavy atom. The lowest BCUT2D eigenvalue weighted by atomic mass is 10.2. The lowest BCUT2D eigenvalue weighted by Gasteiger charge is -2.13. The fourth-order valence-corrected chi connectivity index (χ4v) is 2.51. The number of nitrogens with zero attached hydrogens (tertiary/aromatic N) is 1. The zero-order valence-electron chi connectivity index (χ0n) is 9.44. The molecule has 1 rings (SSSR count). The van der Waals surface area contributed by atoms with Crippen molar-refractivity contribution in [3.8, 4) is 6.07 Å². The summed E-state index contributed by atoms with van der Waals surface area (Å²) in [5.41, 5.74) is 4.39. The molecule has 0 bridgehead atoms. The van der Waals surface area contributed by atoms with E-state index >= 15 is 0 Å². The summed E-state index contributed by atoms with van der Waals surface area (Å²) in [5.74, 6) is -2.05. The summed E-state index contributed by atoms with van der Waals surface area (Å²) in [6.45, 7) is 1.50. The molecule has 1 unspecified atom stereocenters. The molecule has 98 valence electrons. The van der Waals surface area contributed by atoms with Crippen molar-refractivity contribution in [3.63, 3.8) is 0 Å². The van der Waals surface area contributed by atoms with Crippen molar-refractivity contribution in [2.24, 2.45) is 0 Å². The molecule has 0 saturated heterocycles. The first-order valence-corrected chi connectivity index (χ1v) is 6.52. The van der Waals surface area contributed by atoms with E-state index in [0.717, 1.165) is 6.07 Å². The summed E-state index contributed by atoms with van der Waals surface area (Å²) < 4.78 is 51.4. The number of nitrogen functional groups attached to an aromatic ring is 1. The first-order chi connectivity index (χ1) is 8.31. The fraction of sp³-hybridized carbons (Fsp3) is 0.300. The molecule has 1 aromatic rings. The van der Waals surface area contributed by atoms with Crippen LogP contribution in [0.15, 0.2) is 12.1 Å². The number of benzene rings is 1. The fourth-order valence-electron chi connectivity index (χ4n) is 1.29. The quantitative estimate of drug-likeness (QED) is 0.815. The number of rotatable bonds is 4. The second-order valence-corrected chi connectivity index (χ2v) is 5.39. The van der Waals surface area contributed by atoms with Gasteiger partial charge in [-0.1, -0.05) is 6.92 Å². The number of hydrogen-bond donors (Lipinski definition) is 2. The molecule has 0 aromatic heterocycles. The van der Waals surface area contributed by atoms with Crippen LogP contribution < -0.4 is 10.5 Å². The van der Waals surface area contributed by atoms with Gasteiger partial charge in [-0.25, -0.2) is 17.2 Å². The average Bonchev–Trinajstić information content (AvgIpc) is 2.24. The molecule has 0 aliphatic carbocycles. The molecule has 0 aliphatic heterocycles. The zero-order chi connectivity index (χ0) is 13.9. The number of nitrogens with one attached hydrogen (secondary N) is 1. The van der Waals surface area contributed by atoms with Gasteiger partial charge in [0.25, 0.3) is 0 Å². The minimum atomic E-state index is -4.09. The molecule has 18 heavy (non-hydrogen) atoms. The molecular formula is C10H11F2N3O2S. The van der Waals surface area contributed by atoms with Crippen LogP contribution in [0.25, 0.3) is 0 Å². The number of sulfonamides is 1. The van der Waals surface area contributed by atoms with Gasteiger partial charge in [-0.15, -0.1) is 0 Å². The molecule has 3 N–H and O–H groups in total. The third-order valence-corrected chi connectivity index (χ3v) is 3.90. The highest BCUT2D eigenvalue weighted by atomic mass is 32.2. The van der Waals surface area contributed by atoms with Crippen molar-refractivity contribution in [1.82, 2.24) is 0 Å². The number of nitrogens with two attached hydrogens (primary N) is 1. The Bertz CT molecular complexity index is 573. The van der Waals surface area contributed by atoms with Crippen molar-refractivity contribution < 1.29 is 17.2 Å². The van der Waals surface area contributed by atoms with Gasteiger partial charge in [-0.3, -0.25) is 4.72 Å². The number of halogens is 2. The summed E-state index contributed by atoms with van der Waals surface area (Å²) in [4.78, 5) is 0. The van der Waals surface area contributed by atoms with Gasteiger partial charge in [-0.2, -0.15) is 5.26 Å². The van der Waals surface area contributed by atoms with Crippen LogP contribution in [0.1, 0.15) is 13.3 Å². The standard InChI is InChI=1S/C10H11F2N3O2S/c1-2-7(5-13)18(16,17)15-10-8(12)3-6(11)4-9(10)14/h3-4,7,15H,2,14H2,1H3. The predicted octanol–water partition coefficient (Wildman–Crippen LogP) is 1.59. The lowest BCUT2D eigenvalue weighted by Crippen LogP contribution is -2.27. The predicted molar refractivity (Wildman–Crippen MR) is 63.0 cm³/mol. The zero-order valence-corrected chi connectivity index (χ0v) is 10.3. The largest absolute Gasteiger partial charge is 0.397 e. The topological polar surface area (TPSA) is 96.0 Å². The molecule has 0 radical (unpaired) electrons. The molecule has 0 saturated carbocycles. The third-order valence-electron chi connectivity index (χ3n) is 2.22. The van der Waals surface area contributed by atoms with Gasteiger partial charge in [0.1, 0.15) is 11.5 Å². The Kier molecular flexibility index (Phi) is 4.08. The van der Waals surface area contributed by atoms with Gasteiger partial charge in [0.2, 0.25) is 10.0 Å². The van der Waals surface area contributed by atoms with Crippen LogP contribution in [-0.2, 0) is 10.0 Å². The van der Waals surface area contributed by atoms with E-state index in [-0.39, 0.29) is 12.1 Å². The number of hydrogen-bond acceptors (Lipinski definition) is 4. The van der Waals surface area contributed by atoms with E-state index in [2.05, 4.69) is 0 Å². The monoisotopic (exact) mass is 275 g/mol. The third kappa shape index (κ3) is 2.87. The number of anilines is 2. The van der Waals surface area contributed by atoms with Crippen molar-refractivity contribution >= 4 is 21.4 Å². The van der Waals surface area contributed by atoms with E-state index in [0.29, 0.717) is 6.07 Å². The molecule has 0 fully saturated rings. The van der Waals surface area contributed by atoms with E-state index in [1.54, 1.807) is 6.07 Å². The molecule has 0 aliphatic rings. The molecule has 1 aromatic carbocycles. The van der Waals surface area contributed by atoms with E-state index in [1.807, 2.05) is 4.72 Å². The molecule has 0 amide bonds. The molecule has 5 nitrogen and oxygen atoms in total. The van der Waals surface area contributed by atoms with Gasteiger partial charge >= 0.3 is 0 Å². The van der Waals surface area contributed by atoms with Gasteiger partial charge in [0.15, 0.2) is 11.1 Å². The van der Waals surface area contributed by atoms with Crippen LogP contribution in [0, 0.1) is 23.0 Å². The van der Waals surface area contributed by atoms with E-state index in [4.69, 9.17) is 11.0 Å². The second kappa shape index (κ2) is 5.18. The second-order valence-electron chi connectivity index (χ2n) is 3.52. The van der Waals surface area contributed by atoms with Crippen molar-refractivity contribution in [2.45, 2.75) is 18.6 Å². The highest BCUT2D eigenvalue weighted by Gasteiger charge is 2.25. The summed E-state index contributed by atoms with van der Waals surface area (Å²) in [6, 6.07) is 2.86. The summed E-state index contributed by atoms with van der Waals surface area (Å²) in [5, 5.41) is 7.34. The first-order valence-electron chi connectivity index (χ1n) is 4.97. The maximum absolute atomic E-state index is 13.4. The average molecular weight is 275 g/mol. The van der Waals surface area contributed by atoms with Crippen LogP contribution in [0.4, 0.5) is 20.2 Å². The smallest absolute Gasteiger partial charge is 0.249 e. The molecule has 0 spiro atoms. The Balaban J connectivity index is 3.17. The molecule has 8 heteroatoms. The summed E-state index contributed by atoms with van der Waals surface area (Å²) >= 11 is 0. The minimum Gasteiger partial charge on any atom is -0.397 e. The van der Waals surface area contributed by atoms with Gasteiger partial charge in [0.05, 0.1) is 11.8 Å². The highest BCUT2D eigenvalue weighted by molar-refractivity contribution is 7.93. The maximum atomic E-state index is 13.4. The SMILES string of the molecule is CCC(C#N)S(=O)(=O)Nc1c(N)cc(F)cc1F. The van der Waals surface area contributed by atoms with E-state index < -0.39 is 32.6 Å². The van der Waals surface area contributed by atoms with Gasteiger partial charge in [-0.05, 0) is 12.5 Å². The molecular weight excluding hydrogens is 264 g/mol. The van der Waals surface area contributed by atoms with Crippen molar-refractivity contribution in [2.75, 3.05) is 10.5 Å². The Morgan fingerprint density at radius 1 is 1.50 bits per heavy atom. The Morgan fingerprint density at radius 2 is 2.11 bits per heavy atom. The molecule has 0 heterocycles. The van der Waals surface area contributed by atoms with Gasteiger partial charge in [0, 0.05) is 6.07 Å². The normalized spacial score (nSPS) is 12.8. The van der Waals surface area contributed by atoms with Crippen LogP contribution in [0.5, 0.6) is 0 Å². The van der Waals surface area contributed by atoms with Crippen LogP contribution >= 0.6 is 0 Å². The lowest BCUT2D eigenvalue weighted by molar-refractivity contribution is 0.581. The minimum absolute atomic E-state index is 0.0363. The number of nitriles is 1. The summed E-state index contributed by atoms with van der Waals surface area (Å²) in [6.07, 6.45) is 0.0363. The van der Waals surface area contributed by atoms with Crippen molar-refractivity contribution in [1.29, 1.82) is 5.26 Å². The van der Waals surface area contributed by atoms with E-state index in [1.165, 1.54) is 6.92 Å². The van der Waals surface area contributed by atoms with Crippen LogP contribution in [-0.4, -0.2) is 13.7 Å². The summed E-state index contributed by atoms with van der Waals surface area (Å²) in [7, 11) is -4.09. The van der Waals surface area contributed by atoms with Gasteiger partial charge < -0.3 is 5.73 Å². The first kappa shape index (κ1) is 14.2. The van der Waals surface area contributed by atoms with Crippen molar-refractivity contribution in [3.05, 3.63) is 23.8 Å². The highest BCUT2D eigenvalue weighted by Crippen LogP contribution is 2.25. The maximum Gasteiger partial charge on any atom is 0.249 e. The van der Waals surface area contributed by atoms with E-state index in [9.17, 15) is 17.2 Å². The Labute approximate surface area is 103 Å². The molecule has 1 atom stereocenters. The van der Waals surface area contributed by atoms with Crippen LogP contribution in [0.2, 0.25) is 0 Å². The Hall–Kier alpha value is -1.88.